The van der Waals surface area contributed by atoms with Gasteiger partial charge < -0.3 is 16.9 Å². The Morgan fingerprint density at radius 1 is 1.50 bits per heavy atom. The Morgan fingerprint density at radius 3 is 2.12 bits per heavy atom. The molecule has 0 saturated carbocycles. The van der Waals surface area contributed by atoms with Crippen molar-refractivity contribution in [1.29, 1.82) is 5.41 Å². The first kappa shape index (κ1) is 6.68. The fraction of sp³-hybridized carbons (Fsp3) is 0. The molecule has 0 aliphatic carbocycles. The van der Waals surface area contributed by atoms with Gasteiger partial charge in [-0.2, -0.15) is 0 Å². The van der Waals surface area contributed by atoms with Gasteiger partial charge in [0.05, 0.1) is 5.70 Å². The fourth-order valence-electron chi connectivity index (χ4n) is 0.172. The van der Waals surface area contributed by atoms with E-state index in [1.54, 1.807) is 0 Å². The number of primary amides is 1. The Bertz CT molecular complexity index is 138. The largest absolute Gasteiger partial charge is 0.394 e. The summed E-state index contributed by atoms with van der Waals surface area (Å²) in [5.74, 6) is -0.700. The van der Waals surface area contributed by atoms with E-state index in [0.29, 0.717) is 0 Å². The van der Waals surface area contributed by atoms with Gasteiger partial charge in [0.15, 0.2) is 0 Å². The van der Waals surface area contributed by atoms with Crippen molar-refractivity contribution in [2.24, 2.45) is 11.5 Å². The predicted molar refractivity (Wildman–Crippen MR) is 30.2 cm³/mol. The summed E-state index contributed by atoms with van der Waals surface area (Å²) in [6, 6.07) is 0. The number of nitrogens with two attached hydrogens (primary N) is 2. The molecule has 4 heteroatoms. The Morgan fingerprint density at radius 2 is 2.00 bits per heavy atom. The topological polar surface area (TPSA) is 93.0 Å². The minimum absolute atomic E-state index is 0.0972. The summed E-state index contributed by atoms with van der Waals surface area (Å²) in [6.07, 6.45) is 2.03. The van der Waals surface area contributed by atoms with E-state index in [2.05, 4.69) is 5.73 Å². The van der Waals surface area contributed by atoms with Crippen molar-refractivity contribution in [3.8, 4) is 0 Å². The third-order valence-corrected chi connectivity index (χ3v) is 0.547. The molecule has 0 aliphatic heterocycles. The monoisotopic (exact) mass is 113 g/mol. The SMILES string of the molecule is N=C/C=C(\N)C(N)=O. The molecule has 0 spiro atoms. The second-order valence-electron chi connectivity index (χ2n) is 1.15. The molecule has 0 bridgehead atoms. The normalized spacial score (nSPS) is 10.8. The van der Waals surface area contributed by atoms with Crippen LogP contribution in [0.25, 0.3) is 0 Å². The number of nitrogens with one attached hydrogen (secondary N) is 1. The lowest BCUT2D eigenvalue weighted by molar-refractivity contribution is -0.114. The highest BCUT2D eigenvalue weighted by atomic mass is 16.1. The minimum atomic E-state index is -0.700. The second-order valence-corrected chi connectivity index (χ2v) is 1.15. The summed E-state index contributed by atoms with van der Waals surface area (Å²) < 4.78 is 0. The second kappa shape index (κ2) is 2.79. The molecule has 8 heavy (non-hydrogen) atoms. The summed E-state index contributed by atoms with van der Waals surface area (Å²) in [5, 5.41) is 6.44. The number of carbonyl (C=O) groups excluding carboxylic acids is 1. The Kier molecular flexibility index (Phi) is 2.33. The van der Waals surface area contributed by atoms with E-state index in [-0.39, 0.29) is 5.70 Å². The molecule has 0 aromatic rings. The molecule has 44 valence electrons. The fourth-order valence-corrected chi connectivity index (χ4v) is 0.172. The van der Waals surface area contributed by atoms with Crippen LogP contribution in [0.3, 0.4) is 0 Å². The van der Waals surface area contributed by atoms with Crippen molar-refractivity contribution in [3.63, 3.8) is 0 Å². The molecule has 0 fully saturated rings. The van der Waals surface area contributed by atoms with Crippen molar-refractivity contribution in [2.75, 3.05) is 0 Å². The van der Waals surface area contributed by atoms with Crippen molar-refractivity contribution >= 4 is 12.1 Å². The molecular formula is C4H7N3O. The van der Waals surface area contributed by atoms with Crippen LogP contribution < -0.4 is 11.5 Å². The summed E-state index contributed by atoms with van der Waals surface area (Å²) in [4.78, 5) is 10.0. The molecule has 1 amide bonds. The first-order valence-electron chi connectivity index (χ1n) is 1.94. The zero-order chi connectivity index (χ0) is 6.57. The van der Waals surface area contributed by atoms with Gasteiger partial charge in [-0.15, -0.1) is 0 Å². The maximum atomic E-state index is 10.0. The average molecular weight is 113 g/mol. The number of hydrogen-bond acceptors (Lipinski definition) is 3. The molecule has 0 aromatic carbocycles. The van der Waals surface area contributed by atoms with Crippen molar-refractivity contribution in [1.82, 2.24) is 0 Å². The van der Waals surface area contributed by atoms with Gasteiger partial charge in [0.2, 0.25) is 0 Å². The lowest BCUT2D eigenvalue weighted by Crippen LogP contribution is -2.19. The Labute approximate surface area is 46.7 Å². The van der Waals surface area contributed by atoms with E-state index in [0.717, 1.165) is 12.3 Å². The first-order valence-corrected chi connectivity index (χ1v) is 1.94. The highest BCUT2D eigenvalue weighted by Gasteiger charge is 1.92. The molecule has 0 saturated heterocycles. The molecule has 0 unspecified atom stereocenters. The molecule has 4 nitrogen and oxygen atoms in total. The smallest absolute Gasteiger partial charge is 0.264 e. The average Bonchev–Trinajstić information content (AvgIpc) is 1.67. The van der Waals surface area contributed by atoms with Gasteiger partial charge in [0.25, 0.3) is 5.91 Å². The van der Waals surface area contributed by atoms with Gasteiger partial charge in [0.1, 0.15) is 0 Å². The van der Waals surface area contributed by atoms with Crippen LogP contribution >= 0.6 is 0 Å². The molecule has 0 rings (SSSR count). The molecule has 0 radical (unpaired) electrons. The van der Waals surface area contributed by atoms with Crippen LogP contribution in [-0.4, -0.2) is 12.1 Å². The summed E-state index contributed by atoms with van der Waals surface area (Å²) in [7, 11) is 0. The molecule has 5 N–H and O–H groups in total. The third kappa shape index (κ3) is 1.96. The van der Waals surface area contributed by atoms with E-state index < -0.39 is 5.91 Å². The Balaban J connectivity index is 3.99. The lowest BCUT2D eigenvalue weighted by Gasteiger charge is -1.86. The maximum absolute atomic E-state index is 10.0. The van der Waals surface area contributed by atoms with Crippen molar-refractivity contribution in [3.05, 3.63) is 11.8 Å². The lowest BCUT2D eigenvalue weighted by atomic mass is 10.4. The van der Waals surface area contributed by atoms with Gasteiger partial charge in [-0.1, -0.05) is 0 Å². The van der Waals surface area contributed by atoms with Crippen LogP contribution in [0, 0.1) is 5.41 Å². The quantitative estimate of drug-likeness (QED) is 0.315. The van der Waals surface area contributed by atoms with Crippen LogP contribution in [0.5, 0.6) is 0 Å². The zero-order valence-corrected chi connectivity index (χ0v) is 4.22. The molecule has 0 aromatic heterocycles. The number of amides is 1. The van der Waals surface area contributed by atoms with E-state index >= 15 is 0 Å². The van der Waals surface area contributed by atoms with Crippen LogP contribution in [-0.2, 0) is 4.79 Å². The van der Waals surface area contributed by atoms with E-state index in [9.17, 15) is 4.79 Å². The summed E-state index contributed by atoms with van der Waals surface area (Å²) >= 11 is 0. The molecule has 0 aliphatic rings. The van der Waals surface area contributed by atoms with Gasteiger partial charge in [-0.05, 0) is 6.08 Å². The highest BCUT2D eigenvalue weighted by molar-refractivity contribution is 5.94. The maximum Gasteiger partial charge on any atom is 0.264 e. The van der Waals surface area contributed by atoms with Crippen LogP contribution in [0.2, 0.25) is 0 Å². The molecular weight excluding hydrogens is 106 g/mol. The highest BCUT2D eigenvalue weighted by Crippen LogP contribution is 1.74. The van der Waals surface area contributed by atoms with Gasteiger partial charge in [-0.3, -0.25) is 4.79 Å². The van der Waals surface area contributed by atoms with Crippen LogP contribution in [0.1, 0.15) is 0 Å². The van der Waals surface area contributed by atoms with Gasteiger partial charge in [0, 0.05) is 6.21 Å². The minimum Gasteiger partial charge on any atom is -0.394 e. The number of carbonyl (C=O) groups is 1. The van der Waals surface area contributed by atoms with Gasteiger partial charge in [-0.25, -0.2) is 0 Å². The molecule has 0 heterocycles. The first-order chi connectivity index (χ1) is 3.68. The van der Waals surface area contributed by atoms with Crippen LogP contribution in [0.15, 0.2) is 11.8 Å². The predicted octanol–water partition coefficient (Wildman–Crippen LogP) is -1.04. The van der Waals surface area contributed by atoms with Crippen LogP contribution in [0.4, 0.5) is 0 Å². The van der Waals surface area contributed by atoms with Crippen molar-refractivity contribution < 1.29 is 4.79 Å². The van der Waals surface area contributed by atoms with Crippen molar-refractivity contribution in [2.45, 2.75) is 0 Å². The third-order valence-electron chi connectivity index (χ3n) is 0.547. The zero-order valence-electron chi connectivity index (χ0n) is 4.22. The van der Waals surface area contributed by atoms with E-state index in [1.807, 2.05) is 0 Å². The Hall–Kier alpha value is -1.32. The number of allylic oxidation sites excluding steroid dienone is 1. The summed E-state index contributed by atoms with van der Waals surface area (Å²) in [6.45, 7) is 0. The summed E-state index contributed by atoms with van der Waals surface area (Å²) in [5.41, 5.74) is 9.55. The standard InChI is InChI=1S/C4H7N3O/c5-2-1-3(6)4(7)8/h1-2,5H,6H2,(H2,7,8)/b3-1-,5-2?. The van der Waals surface area contributed by atoms with Gasteiger partial charge >= 0.3 is 0 Å². The number of rotatable bonds is 2. The number of hydrogen-bond donors (Lipinski definition) is 3. The van der Waals surface area contributed by atoms with E-state index in [1.165, 1.54) is 0 Å². The molecule has 0 atom stereocenters. The van der Waals surface area contributed by atoms with E-state index in [4.69, 9.17) is 11.1 Å².